The number of hydrogen-bond donors (Lipinski definition) is 2. The average Bonchev–Trinajstić information content (AvgIpc) is 2.71. The topological polar surface area (TPSA) is 58.2 Å². The van der Waals surface area contributed by atoms with Gasteiger partial charge in [-0.2, -0.15) is 0 Å². The van der Waals surface area contributed by atoms with Crippen molar-refractivity contribution in [3.8, 4) is 0 Å². The summed E-state index contributed by atoms with van der Waals surface area (Å²) in [4.78, 5) is 27.0. The molecule has 1 aliphatic carbocycles. The van der Waals surface area contributed by atoms with E-state index in [0.717, 1.165) is 28.9 Å². The minimum atomic E-state index is -0.138. The van der Waals surface area contributed by atoms with Crippen LogP contribution in [0.3, 0.4) is 0 Å². The summed E-state index contributed by atoms with van der Waals surface area (Å²) in [5.41, 5.74) is 3.45. The monoisotopic (exact) mass is 420 g/mol. The predicted octanol–water partition coefficient (Wildman–Crippen LogP) is 5.63. The number of carbonyl (C=O) groups is 2. The van der Waals surface area contributed by atoms with Gasteiger partial charge in [-0.05, 0) is 55.0 Å². The molecule has 0 bridgehead atoms. The van der Waals surface area contributed by atoms with Crippen molar-refractivity contribution >= 4 is 35.3 Å². The SMILES string of the molecule is Cc1cccc(/C=C2/Sc3ccc(C(=O)N[C@@H]4CCC[C@@H](C)[C@H]4C)cc3NC2=O)c1. The number of carbonyl (C=O) groups excluding carboxylic acids is 2. The van der Waals surface area contributed by atoms with Crippen molar-refractivity contribution in [2.24, 2.45) is 11.8 Å². The van der Waals surface area contributed by atoms with E-state index in [1.807, 2.05) is 43.3 Å². The molecule has 0 radical (unpaired) electrons. The lowest BCUT2D eigenvalue weighted by atomic mass is 9.78. The molecule has 0 spiro atoms. The van der Waals surface area contributed by atoms with E-state index in [4.69, 9.17) is 0 Å². The molecule has 3 atom stereocenters. The van der Waals surface area contributed by atoms with Gasteiger partial charge in [0.05, 0.1) is 10.6 Å². The number of nitrogens with one attached hydrogen (secondary N) is 2. The van der Waals surface area contributed by atoms with Crippen LogP contribution < -0.4 is 10.6 Å². The third-order valence-electron chi connectivity index (χ3n) is 6.30. The highest BCUT2D eigenvalue weighted by Crippen LogP contribution is 2.39. The number of anilines is 1. The highest BCUT2D eigenvalue weighted by Gasteiger charge is 2.29. The lowest BCUT2D eigenvalue weighted by Crippen LogP contribution is -2.43. The van der Waals surface area contributed by atoms with Crippen molar-refractivity contribution in [2.45, 2.75) is 51.0 Å². The van der Waals surface area contributed by atoms with Crippen LogP contribution >= 0.6 is 11.8 Å². The molecule has 0 aromatic heterocycles. The van der Waals surface area contributed by atoms with Crippen LogP contribution in [0.5, 0.6) is 0 Å². The van der Waals surface area contributed by atoms with E-state index in [-0.39, 0.29) is 17.9 Å². The van der Waals surface area contributed by atoms with Crippen molar-refractivity contribution < 1.29 is 9.59 Å². The number of fused-ring (bicyclic) bond motifs is 1. The number of hydrogen-bond acceptors (Lipinski definition) is 3. The van der Waals surface area contributed by atoms with Crippen LogP contribution in [0.2, 0.25) is 0 Å². The summed E-state index contributed by atoms with van der Waals surface area (Å²) in [6.07, 6.45) is 5.32. The van der Waals surface area contributed by atoms with Crippen LogP contribution in [0.4, 0.5) is 5.69 Å². The van der Waals surface area contributed by atoms with Crippen LogP contribution in [0.1, 0.15) is 54.6 Å². The van der Waals surface area contributed by atoms with Crippen molar-refractivity contribution in [3.63, 3.8) is 0 Å². The Morgan fingerprint density at radius 2 is 2.00 bits per heavy atom. The van der Waals surface area contributed by atoms with Gasteiger partial charge in [0.15, 0.2) is 0 Å². The lowest BCUT2D eigenvalue weighted by Gasteiger charge is -2.34. The molecule has 2 aliphatic rings. The van der Waals surface area contributed by atoms with E-state index in [1.165, 1.54) is 18.2 Å². The fourth-order valence-corrected chi connectivity index (χ4v) is 5.18. The van der Waals surface area contributed by atoms with Crippen molar-refractivity contribution in [2.75, 3.05) is 5.32 Å². The van der Waals surface area contributed by atoms with Crippen LogP contribution in [-0.2, 0) is 4.79 Å². The van der Waals surface area contributed by atoms with Crippen LogP contribution in [-0.4, -0.2) is 17.9 Å². The fourth-order valence-electron chi connectivity index (χ4n) is 4.25. The lowest BCUT2D eigenvalue weighted by molar-refractivity contribution is -0.112. The van der Waals surface area contributed by atoms with E-state index in [2.05, 4.69) is 30.5 Å². The van der Waals surface area contributed by atoms with E-state index < -0.39 is 0 Å². The maximum Gasteiger partial charge on any atom is 0.262 e. The van der Waals surface area contributed by atoms with Crippen molar-refractivity contribution in [3.05, 3.63) is 64.1 Å². The number of thioether (sulfide) groups is 1. The molecule has 5 heteroatoms. The molecule has 2 aromatic rings. The molecule has 1 heterocycles. The maximum absolute atomic E-state index is 12.8. The van der Waals surface area contributed by atoms with E-state index in [1.54, 1.807) is 6.07 Å². The van der Waals surface area contributed by atoms with Crippen LogP contribution in [0.15, 0.2) is 52.3 Å². The molecule has 2 amide bonds. The number of benzene rings is 2. The first-order valence-electron chi connectivity index (χ1n) is 10.6. The molecule has 1 aliphatic heterocycles. The molecule has 156 valence electrons. The Labute approximate surface area is 182 Å². The van der Waals surface area contributed by atoms with Crippen LogP contribution in [0.25, 0.3) is 6.08 Å². The first-order chi connectivity index (χ1) is 14.4. The molecule has 0 saturated heterocycles. The Hall–Kier alpha value is -2.53. The van der Waals surface area contributed by atoms with Crippen LogP contribution in [0, 0.1) is 18.8 Å². The molecular formula is C25H28N2O2S. The second kappa shape index (κ2) is 8.68. The Balaban J connectivity index is 1.50. The summed E-state index contributed by atoms with van der Waals surface area (Å²) < 4.78 is 0. The molecule has 0 unspecified atom stereocenters. The smallest absolute Gasteiger partial charge is 0.262 e. The van der Waals surface area contributed by atoms with Gasteiger partial charge in [-0.25, -0.2) is 0 Å². The number of rotatable bonds is 3. The third-order valence-corrected chi connectivity index (χ3v) is 7.40. The quantitative estimate of drug-likeness (QED) is 0.632. The number of aryl methyl sites for hydroxylation is 1. The normalized spacial score (nSPS) is 24.8. The maximum atomic E-state index is 12.8. The Morgan fingerprint density at radius 3 is 2.80 bits per heavy atom. The molecule has 2 aromatic carbocycles. The Bertz CT molecular complexity index is 1010. The standard InChI is InChI=1S/C25H28N2O2S/c1-15-6-4-8-18(12-15)13-23-25(29)27-21-14-19(10-11-22(21)30-23)24(28)26-20-9-5-7-16(2)17(20)3/h4,6,8,10-14,16-17,20H,5,7,9H2,1-3H3,(H,26,28)(H,27,29)/b23-13+/t16-,17-,20-/m1/s1. The van der Waals surface area contributed by atoms with Crippen molar-refractivity contribution in [1.82, 2.24) is 5.32 Å². The highest BCUT2D eigenvalue weighted by atomic mass is 32.2. The third kappa shape index (κ3) is 4.46. The Morgan fingerprint density at radius 1 is 1.17 bits per heavy atom. The fraction of sp³-hybridized carbons (Fsp3) is 0.360. The molecule has 1 saturated carbocycles. The summed E-state index contributed by atoms with van der Waals surface area (Å²) in [6, 6.07) is 13.8. The van der Waals surface area contributed by atoms with Gasteiger partial charge in [0.1, 0.15) is 0 Å². The van der Waals surface area contributed by atoms with E-state index in [9.17, 15) is 9.59 Å². The molecular weight excluding hydrogens is 392 g/mol. The van der Waals surface area contributed by atoms with E-state index in [0.29, 0.717) is 28.0 Å². The number of amides is 2. The zero-order valence-electron chi connectivity index (χ0n) is 17.7. The van der Waals surface area contributed by atoms with Gasteiger partial charge >= 0.3 is 0 Å². The first-order valence-corrected chi connectivity index (χ1v) is 11.4. The minimum Gasteiger partial charge on any atom is -0.349 e. The average molecular weight is 421 g/mol. The summed E-state index contributed by atoms with van der Waals surface area (Å²) in [5, 5.41) is 6.16. The summed E-state index contributed by atoms with van der Waals surface area (Å²) in [6.45, 7) is 6.52. The highest BCUT2D eigenvalue weighted by molar-refractivity contribution is 8.04. The summed E-state index contributed by atoms with van der Waals surface area (Å²) >= 11 is 1.44. The van der Waals surface area contributed by atoms with Gasteiger partial charge in [-0.15, -0.1) is 0 Å². The Kier molecular flexibility index (Phi) is 6.00. The van der Waals surface area contributed by atoms with Crippen molar-refractivity contribution in [1.29, 1.82) is 0 Å². The minimum absolute atomic E-state index is 0.0656. The molecule has 1 fully saturated rings. The molecule has 30 heavy (non-hydrogen) atoms. The van der Waals surface area contributed by atoms with Gasteiger partial charge < -0.3 is 10.6 Å². The van der Waals surface area contributed by atoms with Gasteiger partial charge in [0.25, 0.3) is 11.8 Å². The second-order valence-corrected chi connectivity index (χ2v) is 9.62. The van der Waals surface area contributed by atoms with Gasteiger partial charge in [0.2, 0.25) is 0 Å². The summed E-state index contributed by atoms with van der Waals surface area (Å²) in [5.74, 6) is 0.900. The molecule has 4 nitrogen and oxygen atoms in total. The van der Waals surface area contributed by atoms with Gasteiger partial charge in [0, 0.05) is 16.5 Å². The van der Waals surface area contributed by atoms with Gasteiger partial charge in [-0.3, -0.25) is 9.59 Å². The molecule has 4 rings (SSSR count). The van der Waals surface area contributed by atoms with Gasteiger partial charge in [-0.1, -0.05) is 68.3 Å². The van der Waals surface area contributed by atoms with E-state index >= 15 is 0 Å². The largest absolute Gasteiger partial charge is 0.349 e. The predicted molar refractivity (Wildman–Crippen MR) is 124 cm³/mol. The second-order valence-electron chi connectivity index (χ2n) is 8.54. The molecule has 2 N–H and O–H groups in total. The summed E-state index contributed by atoms with van der Waals surface area (Å²) in [7, 11) is 0. The zero-order valence-corrected chi connectivity index (χ0v) is 18.5. The first kappa shape index (κ1) is 20.7. The zero-order chi connectivity index (χ0) is 21.3.